The second-order valence-corrected chi connectivity index (χ2v) is 4.98. The van der Waals surface area contributed by atoms with Crippen LogP contribution in [0.1, 0.15) is 32.6 Å². The third-order valence-corrected chi connectivity index (χ3v) is 3.33. The third-order valence-electron chi connectivity index (χ3n) is 3.33. The molecule has 0 bridgehead atoms. The number of esters is 1. The van der Waals surface area contributed by atoms with Gasteiger partial charge >= 0.3 is 5.97 Å². The Morgan fingerprint density at radius 1 is 1.33 bits per heavy atom. The molecule has 0 aromatic carbocycles. The molecule has 1 saturated carbocycles. The van der Waals surface area contributed by atoms with Gasteiger partial charge in [-0.05, 0) is 26.2 Å². The van der Waals surface area contributed by atoms with Crippen LogP contribution >= 0.6 is 0 Å². The molecular weight excluding hydrogens is 232 g/mol. The lowest BCUT2D eigenvalue weighted by atomic mass is 9.86. The summed E-state index contributed by atoms with van der Waals surface area (Å²) in [6.45, 7) is 2.60. The Labute approximate surface area is 109 Å². The van der Waals surface area contributed by atoms with Gasteiger partial charge in [0.2, 0.25) is 5.91 Å². The Morgan fingerprint density at radius 3 is 2.67 bits per heavy atom. The minimum Gasteiger partial charge on any atom is -0.466 e. The minimum absolute atomic E-state index is 0.00865. The quantitative estimate of drug-likeness (QED) is 0.739. The number of nitrogens with zero attached hydrogens (tertiary/aromatic N) is 1. The maximum absolute atomic E-state index is 11.7. The van der Waals surface area contributed by atoms with Gasteiger partial charge in [-0.2, -0.15) is 0 Å². The van der Waals surface area contributed by atoms with Gasteiger partial charge in [0.1, 0.15) is 0 Å². The molecule has 5 nitrogen and oxygen atoms in total. The van der Waals surface area contributed by atoms with Gasteiger partial charge in [0.05, 0.1) is 19.1 Å². The number of rotatable bonds is 5. The molecular formula is C13H24N2O3. The minimum atomic E-state index is -0.0945. The van der Waals surface area contributed by atoms with Gasteiger partial charge in [-0.1, -0.05) is 6.42 Å². The van der Waals surface area contributed by atoms with E-state index in [2.05, 4.69) is 5.32 Å². The van der Waals surface area contributed by atoms with Crippen LogP contribution in [0.2, 0.25) is 0 Å². The molecule has 104 valence electrons. The fraction of sp³-hybridized carbons (Fsp3) is 0.846. The second kappa shape index (κ2) is 7.36. The van der Waals surface area contributed by atoms with Crippen LogP contribution in [-0.2, 0) is 14.3 Å². The first-order chi connectivity index (χ1) is 8.54. The van der Waals surface area contributed by atoms with E-state index in [1.165, 1.54) is 0 Å². The van der Waals surface area contributed by atoms with E-state index in [0.717, 1.165) is 25.7 Å². The molecule has 1 fully saturated rings. The Kier molecular flexibility index (Phi) is 6.12. The molecule has 2 unspecified atom stereocenters. The van der Waals surface area contributed by atoms with Gasteiger partial charge in [-0.3, -0.25) is 9.59 Å². The van der Waals surface area contributed by atoms with E-state index in [-0.39, 0.29) is 23.8 Å². The topological polar surface area (TPSA) is 58.6 Å². The van der Waals surface area contributed by atoms with Crippen molar-refractivity contribution in [2.45, 2.75) is 38.6 Å². The summed E-state index contributed by atoms with van der Waals surface area (Å²) in [5.74, 6) is -0.0400. The number of carbonyl (C=O) groups is 2. The van der Waals surface area contributed by atoms with Gasteiger partial charge in [0, 0.05) is 20.1 Å². The molecule has 2 atom stereocenters. The Hall–Kier alpha value is -1.10. The summed E-state index contributed by atoms with van der Waals surface area (Å²) in [6, 6.07) is 0.247. The molecule has 0 heterocycles. The first-order valence-corrected chi connectivity index (χ1v) is 6.64. The Morgan fingerprint density at radius 2 is 2.06 bits per heavy atom. The smallest absolute Gasteiger partial charge is 0.308 e. The standard InChI is InChI=1S/C13H24N2O3/c1-4-18-13(17)10-6-5-7-11(8-10)14-9-12(16)15(2)3/h10-11,14H,4-9H2,1-3H3. The van der Waals surface area contributed by atoms with Crippen LogP contribution in [0.4, 0.5) is 0 Å². The van der Waals surface area contributed by atoms with Crippen molar-refractivity contribution in [1.29, 1.82) is 0 Å². The number of amides is 1. The van der Waals surface area contributed by atoms with Crippen molar-refractivity contribution >= 4 is 11.9 Å². The highest BCUT2D eigenvalue weighted by Crippen LogP contribution is 2.25. The van der Waals surface area contributed by atoms with Crippen molar-refractivity contribution in [2.24, 2.45) is 5.92 Å². The van der Waals surface area contributed by atoms with Crippen molar-refractivity contribution in [1.82, 2.24) is 10.2 Å². The van der Waals surface area contributed by atoms with Crippen LogP contribution in [0.5, 0.6) is 0 Å². The molecule has 1 aliphatic rings. The molecule has 0 aromatic rings. The highest BCUT2D eigenvalue weighted by Gasteiger charge is 2.28. The number of ether oxygens (including phenoxy) is 1. The molecule has 5 heteroatoms. The maximum Gasteiger partial charge on any atom is 0.308 e. The Bertz CT molecular complexity index is 292. The van der Waals surface area contributed by atoms with E-state index < -0.39 is 0 Å². The van der Waals surface area contributed by atoms with Gasteiger partial charge in [0.15, 0.2) is 0 Å². The van der Waals surface area contributed by atoms with Crippen LogP contribution < -0.4 is 5.32 Å². The molecule has 0 saturated heterocycles. The number of hydrogen-bond donors (Lipinski definition) is 1. The van der Waals surface area contributed by atoms with Crippen molar-refractivity contribution in [3.63, 3.8) is 0 Å². The van der Waals surface area contributed by atoms with Crippen LogP contribution in [-0.4, -0.2) is 50.1 Å². The average Bonchev–Trinajstić information content (AvgIpc) is 2.36. The summed E-state index contributed by atoms with van der Waals surface area (Å²) >= 11 is 0. The molecule has 0 spiro atoms. The SMILES string of the molecule is CCOC(=O)C1CCCC(NCC(=O)N(C)C)C1. The number of hydrogen-bond acceptors (Lipinski definition) is 4. The summed E-state index contributed by atoms with van der Waals surface area (Å²) in [7, 11) is 3.48. The highest BCUT2D eigenvalue weighted by molar-refractivity contribution is 5.77. The van der Waals surface area contributed by atoms with E-state index in [1.54, 1.807) is 19.0 Å². The predicted molar refractivity (Wildman–Crippen MR) is 69.1 cm³/mol. The first kappa shape index (κ1) is 15.0. The molecule has 1 rings (SSSR count). The van der Waals surface area contributed by atoms with Crippen molar-refractivity contribution < 1.29 is 14.3 Å². The summed E-state index contributed by atoms with van der Waals surface area (Å²) < 4.78 is 5.05. The zero-order valence-electron chi connectivity index (χ0n) is 11.6. The van der Waals surface area contributed by atoms with Gasteiger partial charge in [-0.25, -0.2) is 0 Å². The molecule has 18 heavy (non-hydrogen) atoms. The van der Waals surface area contributed by atoms with Crippen LogP contribution in [0.25, 0.3) is 0 Å². The number of nitrogens with one attached hydrogen (secondary N) is 1. The molecule has 1 aliphatic carbocycles. The normalized spacial score (nSPS) is 23.5. The van der Waals surface area contributed by atoms with Crippen LogP contribution in [0.15, 0.2) is 0 Å². The lowest BCUT2D eigenvalue weighted by Gasteiger charge is -2.28. The third kappa shape index (κ3) is 4.64. The van der Waals surface area contributed by atoms with Crippen LogP contribution in [0.3, 0.4) is 0 Å². The van der Waals surface area contributed by atoms with E-state index in [9.17, 15) is 9.59 Å². The van der Waals surface area contributed by atoms with Gasteiger partial charge < -0.3 is 15.0 Å². The monoisotopic (exact) mass is 256 g/mol. The van der Waals surface area contributed by atoms with Crippen molar-refractivity contribution in [2.75, 3.05) is 27.2 Å². The van der Waals surface area contributed by atoms with E-state index in [4.69, 9.17) is 4.74 Å². The largest absolute Gasteiger partial charge is 0.466 e. The molecule has 0 radical (unpaired) electrons. The summed E-state index contributed by atoms with van der Waals surface area (Å²) in [5.41, 5.74) is 0. The summed E-state index contributed by atoms with van der Waals surface area (Å²) in [4.78, 5) is 24.7. The maximum atomic E-state index is 11.7. The number of carbonyl (C=O) groups excluding carboxylic acids is 2. The highest BCUT2D eigenvalue weighted by atomic mass is 16.5. The lowest BCUT2D eigenvalue weighted by Crippen LogP contribution is -2.42. The molecule has 1 amide bonds. The van der Waals surface area contributed by atoms with Gasteiger partial charge in [0.25, 0.3) is 0 Å². The summed E-state index contributed by atoms with van der Waals surface area (Å²) in [5, 5.41) is 3.23. The van der Waals surface area contributed by atoms with Crippen molar-refractivity contribution in [3.05, 3.63) is 0 Å². The zero-order chi connectivity index (χ0) is 13.5. The lowest BCUT2D eigenvalue weighted by molar-refractivity contribution is -0.149. The molecule has 1 N–H and O–H groups in total. The van der Waals surface area contributed by atoms with Crippen molar-refractivity contribution in [3.8, 4) is 0 Å². The van der Waals surface area contributed by atoms with Crippen LogP contribution in [0, 0.1) is 5.92 Å². The Balaban J connectivity index is 2.35. The number of likely N-dealkylation sites (N-methyl/N-ethyl adjacent to an activating group) is 1. The predicted octanol–water partition coefficient (Wildman–Crippen LogP) is 0.786. The fourth-order valence-electron chi connectivity index (χ4n) is 2.24. The average molecular weight is 256 g/mol. The molecule has 0 aromatic heterocycles. The fourth-order valence-corrected chi connectivity index (χ4v) is 2.24. The zero-order valence-corrected chi connectivity index (χ0v) is 11.6. The van der Waals surface area contributed by atoms with E-state index >= 15 is 0 Å². The van der Waals surface area contributed by atoms with Gasteiger partial charge in [-0.15, -0.1) is 0 Å². The van der Waals surface area contributed by atoms with E-state index in [0.29, 0.717) is 13.2 Å². The first-order valence-electron chi connectivity index (χ1n) is 6.64. The second-order valence-electron chi connectivity index (χ2n) is 4.98. The van der Waals surface area contributed by atoms with E-state index in [1.807, 2.05) is 6.92 Å². The summed E-state index contributed by atoms with van der Waals surface area (Å²) in [6.07, 6.45) is 3.71. The molecule has 0 aliphatic heterocycles.